The van der Waals surface area contributed by atoms with E-state index in [1.54, 1.807) is 30.7 Å². The molecule has 8 heteroatoms. The third-order valence-corrected chi connectivity index (χ3v) is 6.32. The molecule has 2 fully saturated rings. The second-order valence-electron chi connectivity index (χ2n) is 8.76. The Bertz CT molecular complexity index is 1060. The van der Waals surface area contributed by atoms with Gasteiger partial charge in [-0.25, -0.2) is 4.68 Å². The number of aromatic nitrogens is 3. The Kier molecular flexibility index (Phi) is 6.48. The monoisotopic (exact) mass is 447 g/mol. The molecule has 4 heterocycles. The molecule has 3 aromatic rings. The van der Waals surface area contributed by atoms with Crippen molar-refractivity contribution in [2.75, 3.05) is 32.8 Å². The number of nitrogens with zero attached hydrogens (tertiary/aromatic N) is 4. The van der Waals surface area contributed by atoms with Crippen molar-refractivity contribution < 1.29 is 14.3 Å². The molecule has 2 atom stereocenters. The average Bonchev–Trinajstić information content (AvgIpc) is 3.47. The van der Waals surface area contributed by atoms with E-state index in [-0.39, 0.29) is 17.6 Å². The molecule has 33 heavy (non-hydrogen) atoms. The third kappa shape index (κ3) is 5.13. The van der Waals surface area contributed by atoms with Crippen LogP contribution >= 0.6 is 0 Å². The molecular formula is C25H29N5O3. The molecule has 1 amide bonds. The summed E-state index contributed by atoms with van der Waals surface area (Å²) in [5, 5.41) is 7.39. The maximum atomic E-state index is 12.4. The Hall–Kier alpha value is -3.07. The molecule has 2 aliphatic rings. The van der Waals surface area contributed by atoms with E-state index in [4.69, 9.17) is 9.47 Å². The van der Waals surface area contributed by atoms with E-state index < -0.39 is 0 Å². The number of carbonyl (C=O) groups is 1. The van der Waals surface area contributed by atoms with E-state index in [1.807, 2.05) is 23.0 Å². The number of pyridine rings is 1. The number of hydrogen-bond donors (Lipinski definition) is 1. The molecule has 1 spiro atoms. The maximum Gasteiger partial charge on any atom is 0.252 e. The lowest BCUT2D eigenvalue weighted by molar-refractivity contribution is -0.0849. The van der Waals surface area contributed by atoms with E-state index >= 15 is 0 Å². The van der Waals surface area contributed by atoms with Crippen molar-refractivity contribution in [1.29, 1.82) is 0 Å². The fraction of sp³-hybridized carbons (Fsp3) is 0.400. The second-order valence-corrected chi connectivity index (χ2v) is 8.76. The van der Waals surface area contributed by atoms with Crippen LogP contribution in [0, 0.1) is 0 Å². The van der Waals surface area contributed by atoms with Gasteiger partial charge in [0.05, 0.1) is 30.6 Å². The molecule has 1 aromatic carbocycles. The zero-order valence-corrected chi connectivity index (χ0v) is 18.6. The molecule has 0 aliphatic carbocycles. The van der Waals surface area contributed by atoms with Crippen molar-refractivity contribution in [1.82, 2.24) is 25.0 Å². The molecule has 2 aliphatic heterocycles. The van der Waals surface area contributed by atoms with Gasteiger partial charge in [-0.15, -0.1) is 0 Å². The molecule has 0 unspecified atom stereocenters. The molecule has 8 nitrogen and oxygen atoms in total. The van der Waals surface area contributed by atoms with E-state index in [0.717, 1.165) is 38.2 Å². The summed E-state index contributed by atoms with van der Waals surface area (Å²) in [4.78, 5) is 18.8. The molecule has 0 saturated carbocycles. The highest BCUT2D eigenvalue weighted by atomic mass is 16.6. The number of benzene rings is 1. The van der Waals surface area contributed by atoms with Crippen LogP contribution in [-0.4, -0.2) is 70.1 Å². The van der Waals surface area contributed by atoms with E-state index in [1.165, 1.54) is 5.56 Å². The largest absolute Gasteiger partial charge is 0.377 e. The molecule has 2 aromatic heterocycles. The lowest BCUT2D eigenvalue weighted by Crippen LogP contribution is -2.45. The number of amides is 1. The number of nitrogens with one attached hydrogen (secondary N) is 1. The maximum absolute atomic E-state index is 12.4. The van der Waals surface area contributed by atoms with Crippen LogP contribution < -0.4 is 5.32 Å². The summed E-state index contributed by atoms with van der Waals surface area (Å²) in [6.07, 6.45) is 8.79. The molecule has 0 radical (unpaired) electrons. The van der Waals surface area contributed by atoms with Crippen LogP contribution in [0.4, 0.5) is 0 Å². The van der Waals surface area contributed by atoms with E-state index in [9.17, 15) is 4.79 Å². The van der Waals surface area contributed by atoms with Gasteiger partial charge in [-0.2, -0.15) is 5.10 Å². The summed E-state index contributed by atoms with van der Waals surface area (Å²) in [7, 11) is 0. The smallest absolute Gasteiger partial charge is 0.252 e. The Morgan fingerprint density at radius 3 is 2.97 bits per heavy atom. The molecule has 0 bridgehead atoms. The van der Waals surface area contributed by atoms with Gasteiger partial charge in [0.1, 0.15) is 5.60 Å². The van der Waals surface area contributed by atoms with Crippen LogP contribution in [0.1, 0.15) is 28.8 Å². The average molecular weight is 448 g/mol. The summed E-state index contributed by atoms with van der Waals surface area (Å²) in [6, 6.07) is 13.8. The summed E-state index contributed by atoms with van der Waals surface area (Å²) in [5.74, 6) is -0.123. The fourth-order valence-corrected chi connectivity index (χ4v) is 4.71. The van der Waals surface area contributed by atoms with Crippen molar-refractivity contribution >= 4 is 5.91 Å². The van der Waals surface area contributed by atoms with Crippen molar-refractivity contribution in [2.24, 2.45) is 0 Å². The highest BCUT2D eigenvalue weighted by molar-refractivity contribution is 5.93. The topological polar surface area (TPSA) is 81.5 Å². The molecule has 172 valence electrons. The van der Waals surface area contributed by atoms with Crippen LogP contribution in [0.3, 0.4) is 0 Å². The summed E-state index contributed by atoms with van der Waals surface area (Å²) < 4.78 is 14.4. The van der Waals surface area contributed by atoms with E-state index in [0.29, 0.717) is 25.3 Å². The van der Waals surface area contributed by atoms with Crippen LogP contribution in [0.5, 0.6) is 0 Å². The normalized spacial score (nSPS) is 23.5. The summed E-state index contributed by atoms with van der Waals surface area (Å²) >= 11 is 0. The van der Waals surface area contributed by atoms with Crippen molar-refractivity contribution in [3.63, 3.8) is 0 Å². The minimum absolute atomic E-state index is 0.0227. The predicted octanol–water partition coefficient (Wildman–Crippen LogP) is 2.45. The number of rotatable bonds is 6. The Labute approximate surface area is 193 Å². The highest BCUT2D eigenvalue weighted by Crippen LogP contribution is 2.33. The van der Waals surface area contributed by atoms with Gasteiger partial charge in [-0.1, -0.05) is 18.2 Å². The zero-order chi connectivity index (χ0) is 22.5. The molecule has 1 N–H and O–H groups in total. The highest BCUT2D eigenvalue weighted by Gasteiger charge is 2.43. The quantitative estimate of drug-likeness (QED) is 0.625. The van der Waals surface area contributed by atoms with Crippen molar-refractivity contribution in [2.45, 2.75) is 31.1 Å². The minimum Gasteiger partial charge on any atom is -0.377 e. The van der Waals surface area contributed by atoms with Gasteiger partial charge in [0, 0.05) is 51.0 Å². The van der Waals surface area contributed by atoms with Crippen LogP contribution in [0.15, 0.2) is 67.3 Å². The Balaban J connectivity index is 1.22. The van der Waals surface area contributed by atoms with Gasteiger partial charge in [-0.05, 0) is 42.7 Å². The van der Waals surface area contributed by atoms with Gasteiger partial charge < -0.3 is 14.8 Å². The Morgan fingerprint density at radius 2 is 2.12 bits per heavy atom. The van der Waals surface area contributed by atoms with Crippen LogP contribution in [0.25, 0.3) is 5.69 Å². The lowest BCUT2D eigenvalue weighted by Gasteiger charge is -2.32. The SMILES string of the molecule is O=C(NC[C@H]1CC[C@]2(COCCN(Cc3ccccc3-n3cccn3)C2)O1)c1cccnc1. The lowest BCUT2D eigenvalue weighted by atomic mass is 9.99. The summed E-state index contributed by atoms with van der Waals surface area (Å²) in [5.41, 5.74) is 2.52. The van der Waals surface area contributed by atoms with Gasteiger partial charge in [0.2, 0.25) is 0 Å². The Morgan fingerprint density at radius 1 is 1.18 bits per heavy atom. The predicted molar refractivity (Wildman–Crippen MR) is 123 cm³/mol. The molecule has 5 rings (SSSR count). The van der Waals surface area contributed by atoms with E-state index in [2.05, 4.69) is 38.5 Å². The standard InChI is InChI=1S/C25H29N5O3/c31-24(20-6-3-10-26-15-20)27-16-22-8-9-25(33-22)18-29(13-14-32-19-25)17-21-5-1-2-7-23(21)30-12-4-11-28-30/h1-7,10-12,15,22H,8-9,13-14,16-19H2,(H,27,31)/t22-,25+/m1/s1. The van der Waals surface area contributed by atoms with Gasteiger partial charge in [0.25, 0.3) is 5.91 Å². The summed E-state index contributed by atoms with van der Waals surface area (Å²) in [6.45, 7) is 4.19. The molecule has 2 saturated heterocycles. The first-order chi connectivity index (χ1) is 16.2. The third-order valence-electron chi connectivity index (χ3n) is 6.32. The first kappa shape index (κ1) is 21.8. The number of para-hydroxylation sites is 1. The minimum atomic E-state index is -0.346. The number of ether oxygens (including phenoxy) is 2. The van der Waals surface area contributed by atoms with Gasteiger partial charge in [-0.3, -0.25) is 14.7 Å². The zero-order valence-electron chi connectivity index (χ0n) is 18.6. The number of carbonyl (C=O) groups excluding carboxylic acids is 1. The van der Waals surface area contributed by atoms with Crippen molar-refractivity contribution in [3.8, 4) is 5.69 Å². The first-order valence-electron chi connectivity index (χ1n) is 11.4. The van der Waals surface area contributed by atoms with Gasteiger partial charge >= 0.3 is 0 Å². The number of hydrogen-bond acceptors (Lipinski definition) is 6. The second kappa shape index (κ2) is 9.82. The van der Waals surface area contributed by atoms with Gasteiger partial charge in [0.15, 0.2) is 0 Å². The molecular weight excluding hydrogens is 418 g/mol. The van der Waals surface area contributed by atoms with Crippen molar-refractivity contribution in [3.05, 3.63) is 78.4 Å². The first-order valence-corrected chi connectivity index (χ1v) is 11.4. The van der Waals surface area contributed by atoms with Crippen LogP contribution in [0.2, 0.25) is 0 Å². The van der Waals surface area contributed by atoms with Crippen LogP contribution in [-0.2, 0) is 16.0 Å². The fourth-order valence-electron chi connectivity index (χ4n) is 4.71.